The van der Waals surface area contributed by atoms with Gasteiger partial charge in [0.05, 0.1) is 32.6 Å². The van der Waals surface area contributed by atoms with Crippen LogP contribution in [0.25, 0.3) is 11.0 Å². The van der Waals surface area contributed by atoms with E-state index in [2.05, 4.69) is 94.7 Å². The Kier molecular flexibility index (Phi) is 10.8. The van der Waals surface area contributed by atoms with Crippen LogP contribution < -0.4 is 20.4 Å². The number of rotatable bonds is 14. The van der Waals surface area contributed by atoms with E-state index in [1.54, 1.807) is 23.1 Å². The van der Waals surface area contributed by atoms with Crippen molar-refractivity contribution in [1.82, 2.24) is 24.7 Å². The smallest absolute Gasteiger partial charge is 0.269 e. The summed E-state index contributed by atoms with van der Waals surface area (Å²) >= 11 is 0. The van der Waals surface area contributed by atoms with Crippen LogP contribution in [-0.4, -0.2) is 64.9 Å². The highest BCUT2D eigenvalue weighted by atomic mass is 28.4. The van der Waals surface area contributed by atoms with Crippen molar-refractivity contribution in [3.05, 3.63) is 133 Å². The van der Waals surface area contributed by atoms with Gasteiger partial charge in [-0.15, -0.1) is 0 Å². The molecule has 1 N–H and O–H groups in total. The Labute approximate surface area is 293 Å². The van der Waals surface area contributed by atoms with Gasteiger partial charge in [0.15, 0.2) is 5.65 Å². The third-order valence-corrected chi connectivity index (χ3v) is 13.6. The third-order valence-electron chi connectivity index (χ3n) is 8.51. The van der Waals surface area contributed by atoms with Crippen LogP contribution >= 0.6 is 0 Å². The molecule has 0 aliphatic rings. The number of ether oxygens (including phenoxy) is 2. The number of carbonyl (C=O) groups is 1. The van der Waals surface area contributed by atoms with Gasteiger partial charge in [-0.2, -0.15) is 5.10 Å². The standard InChI is InChI=1S/C39H42N6O4Si/c1-29-20-21-35(40-24-29)44-37(46)34(49-38-33-25-43-45(36(33)41-28-42-38)26-30-14-8-5-9-15-30)27-47-22-23-48-50(39(2,3)4,31-16-10-6-11-17-31)32-18-12-7-13-19-32/h5-21,24-25,28,34H,22-23,26-27H2,1-4H3,(H,40,44,46). The van der Waals surface area contributed by atoms with Gasteiger partial charge in [-0.25, -0.2) is 19.6 Å². The lowest BCUT2D eigenvalue weighted by Gasteiger charge is -2.43. The zero-order valence-electron chi connectivity index (χ0n) is 28.8. The molecular formula is C39H42N6O4Si. The lowest BCUT2D eigenvalue weighted by molar-refractivity contribution is -0.125. The summed E-state index contributed by atoms with van der Waals surface area (Å²) < 4.78 is 21.2. The lowest BCUT2D eigenvalue weighted by atomic mass is 10.2. The van der Waals surface area contributed by atoms with Gasteiger partial charge >= 0.3 is 0 Å². The number of amides is 1. The number of fused-ring (bicyclic) bond motifs is 1. The molecule has 0 aliphatic carbocycles. The monoisotopic (exact) mass is 686 g/mol. The van der Waals surface area contributed by atoms with E-state index in [1.165, 1.54) is 16.7 Å². The van der Waals surface area contributed by atoms with Crippen molar-refractivity contribution >= 4 is 41.4 Å². The van der Waals surface area contributed by atoms with Crippen molar-refractivity contribution in [3.63, 3.8) is 0 Å². The van der Waals surface area contributed by atoms with Gasteiger partial charge in [-0.3, -0.25) is 4.79 Å². The molecule has 3 aromatic carbocycles. The number of anilines is 1. The van der Waals surface area contributed by atoms with Crippen LogP contribution in [0.3, 0.4) is 0 Å². The van der Waals surface area contributed by atoms with Gasteiger partial charge in [0, 0.05) is 6.20 Å². The van der Waals surface area contributed by atoms with Crippen molar-refractivity contribution in [2.75, 3.05) is 25.1 Å². The minimum absolute atomic E-state index is 0.0501. The Morgan fingerprint density at radius 1 is 0.820 bits per heavy atom. The molecule has 1 amide bonds. The number of carbonyl (C=O) groups excluding carboxylic acids is 1. The van der Waals surface area contributed by atoms with E-state index >= 15 is 0 Å². The number of aryl methyl sites for hydroxylation is 1. The van der Waals surface area contributed by atoms with Crippen molar-refractivity contribution in [2.24, 2.45) is 0 Å². The molecule has 0 saturated heterocycles. The lowest BCUT2D eigenvalue weighted by Crippen LogP contribution is -2.66. The molecule has 10 nitrogen and oxygen atoms in total. The van der Waals surface area contributed by atoms with Crippen LogP contribution in [0.1, 0.15) is 31.9 Å². The molecule has 0 fully saturated rings. The number of hydrogen-bond donors (Lipinski definition) is 1. The summed E-state index contributed by atoms with van der Waals surface area (Å²) in [5, 5.41) is 10.2. The molecule has 0 aliphatic heterocycles. The fraction of sp³-hybridized carbons (Fsp3) is 0.256. The number of nitrogens with zero attached hydrogens (tertiary/aromatic N) is 5. The molecule has 6 aromatic rings. The minimum atomic E-state index is -2.75. The second-order valence-corrected chi connectivity index (χ2v) is 17.4. The predicted octanol–water partition coefficient (Wildman–Crippen LogP) is 5.56. The van der Waals surface area contributed by atoms with Crippen molar-refractivity contribution in [1.29, 1.82) is 0 Å². The highest BCUT2D eigenvalue weighted by Crippen LogP contribution is 2.36. The molecule has 1 unspecified atom stereocenters. The molecule has 0 bridgehead atoms. The molecular weight excluding hydrogens is 645 g/mol. The molecule has 6 rings (SSSR count). The van der Waals surface area contributed by atoms with E-state index in [0.29, 0.717) is 30.0 Å². The van der Waals surface area contributed by atoms with Crippen LogP contribution in [0.5, 0.6) is 5.88 Å². The van der Waals surface area contributed by atoms with Crippen molar-refractivity contribution in [3.8, 4) is 5.88 Å². The minimum Gasteiger partial charge on any atom is -0.461 e. The Balaban J connectivity index is 1.20. The van der Waals surface area contributed by atoms with E-state index in [9.17, 15) is 4.79 Å². The summed E-state index contributed by atoms with van der Waals surface area (Å²) in [5.41, 5.74) is 2.66. The molecule has 11 heteroatoms. The van der Waals surface area contributed by atoms with Gasteiger partial charge in [0.1, 0.15) is 17.5 Å². The fourth-order valence-corrected chi connectivity index (χ4v) is 10.6. The number of hydrogen-bond acceptors (Lipinski definition) is 8. The first-order valence-corrected chi connectivity index (χ1v) is 18.6. The Bertz CT molecular complexity index is 1950. The zero-order valence-corrected chi connectivity index (χ0v) is 29.8. The summed E-state index contributed by atoms with van der Waals surface area (Å²) in [6, 6.07) is 34.5. The van der Waals surface area contributed by atoms with E-state index in [4.69, 9.17) is 13.9 Å². The number of aromatic nitrogens is 5. The van der Waals surface area contributed by atoms with Crippen LogP contribution in [0.15, 0.2) is 122 Å². The maximum absolute atomic E-state index is 13.7. The second-order valence-electron chi connectivity index (χ2n) is 13.1. The Morgan fingerprint density at radius 3 is 2.10 bits per heavy atom. The molecule has 3 heterocycles. The molecule has 256 valence electrons. The van der Waals surface area contributed by atoms with Crippen LogP contribution in [-0.2, 0) is 20.5 Å². The first kappa shape index (κ1) is 34.6. The molecule has 3 aromatic heterocycles. The number of pyridine rings is 1. The summed E-state index contributed by atoms with van der Waals surface area (Å²) in [7, 11) is -2.75. The van der Waals surface area contributed by atoms with Crippen LogP contribution in [0, 0.1) is 6.92 Å². The van der Waals surface area contributed by atoms with E-state index in [-0.39, 0.29) is 24.1 Å². The van der Waals surface area contributed by atoms with Gasteiger partial charge in [-0.1, -0.05) is 118 Å². The van der Waals surface area contributed by atoms with E-state index in [1.807, 2.05) is 55.5 Å². The largest absolute Gasteiger partial charge is 0.461 e. The van der Waals surface area contributed by atoms with Crippen LogP contribution in [0.2, 0.25) is 5.04 Å². The van der Waals surface area contributed by atoms with Gasteiger partial charge in [0.2, 0.25) is 12.0 Å². The van der Waals surface area contributed by atoms with Gasteiger partial charge in [-0.05, 0) is 39.5 Å². The summed E-state index contributed by atoms with van der Waals surface area (Å²) in [4.78, 5) is 26.8. The van der Waals surface area contributed by atoms with E-state index in [0.717, 1.165) is 11.1 Å². The Morgan fingerprint density at radius 2 is 1.48 bits per heavy atom. The maximum atomic E-state index is 13.7. The van der Waals surface area contributed by atoms with E-state index < -0.39 is 20.3 Å². The third kappa shape index (κ3) is 7.81. The molecule has 1 atom stereocenters. The average molecular weight is 687 g/mol. The molecule has 0 saturated carbocycles. The zero-order chi connectivity index (χ0) is 35.0. The van der Waals surface area contributed by atoms with Crippen LogP contribution in [0.4, 0.5) is 5.82 Å². The fourth-order valence-electron chi connectivity index (χ4n) is 6.09. The number of nitrogens with one attached hydrogen (secondary N) is 1. The predicted molar refractivity (Wildman–Crippen MR) is 197 cm³/mol. The van der Waals surface area contributed by atoms with Crippen molar-refractivity contribution < 1.29 is 18.7 Å². The number of benzene rings is 3. The molecule has 50 heavy (non-hydrogen) atoms. The van der Waals surface area contributed by atoms with Gasteiger partial charge < -0.3 is 19.2 Å². The first-order chi connectivity index (χ1) is 24.2. The first-order valence-electron chi connectivity index (χ1n) is 16.7. The molecule has 0 radical (unpaired) electrons. The highest BCUT2D eigenvalue weighted by molar-refractivity contribution is 6.99. The quantitative estimate of drug-likeness (QED) is 0.117. The molecule has 0 spiro atoms. The van der Waals surface area contributed by atoms with Crippen molar-refractivity contribution in [2.45, 2.75) is 45.4 Å². The average Bonchev–Trinajstić information content (AvgIpc) is 3.54. The van der Waals surface area contributed by atoms with Gasteiger partial charge in [0.25, 0.3) is 14.2 Å². The second kappa shape index (κ2) is 15.5. The Hall–Kier alpha value is -5.23. The highest BCUT2D eigenvalue weighted by Gasteiger charge is 2.50. The summed E-state index contributed by atoms with van der Waals surface area (Å²) in [6.45, 7) is 9.68. The summed E-state index contributed by atoms with van der Waals surface area (Å²) in [5.74, 6) is 0.226. The summed E-state index contributed by atoms with van der Waals surface area (Å²) in [6.07, 6.45) is 3.71. The maximum Gasteiger partial charge on any atom is 0.269 e. The topological polar surface area (TPSA) is 113 Å². The normalized spacial score (nSPS) is 12.5. The SMILES string of the molecule is Cc1ccc(NC(=O)C(COCCO[Si](c2ccccc2)(c2ccccc2)C(C)(C)C)Oc2ncnc3c2cnn3Cc2ccccc2)nc1.